The van der Waals surface area contributed by atoms with Crippen LogP contribution in [0.1, 0.15) is 11.0 Å². The third kappa shape index (κ3) is 3.70. The highest BCUT2D eigenvalue weighted by Gasteiger charge is 2.18. The van der Waals surface area contributed by atoms with Gasteiger partial charge in [-0.2, -0.15) is 0 Å². The summed E-state index contributed by atoms with van der Waals surface area (Å²) in [5.41, 5.74) is 0.842. The van der Waals surface area contributed by atoms with Gasteiger partial charge < -0.3 is 19.4 Å². The second kappa shape index (κ2) is 7.11. The highest BCUT2D eigenvalue weighted by molar-refractivity contribution is 7.10. The number of nitrogens with zero attached hydrogens (tertiary/aromatic N) is 1. The van der Waals surface area contributed by atoms with Crippen molar-refractivity contribution in [2.24, 2.45) is 0 Å². The maximum atomic E-state index is 11.7. The summed E-state index contributed by atoms with van der Waals surface area (Å²) in [5, 5.41) is 20.1. The molecule has 3 aromatic heterocycles. The van der Waals surface area contributed by atoms with Crippen LogP contribution in [-0.2, 0) is 9.59 Å². The number of anilines is 1. The lowest BCUT2D eigenvalue weighted by Crippen LogP contribution is -2.37. The van der Waals surface area contributed by atoms with Gasteiger partial charge in [0.25, 0.3) is 0 Å². The Morgan fingerprint density at radius 2 is 2.17 bits per heavy atom. The zero-order chi connectivity index (χ0) is 16.9. The van der Waals surface area contributed by atoms with Gasteiger partial charge in [0.15, 0.2) is 5.82 Å². The first kappa shape index (κ1) is 16.0. The summed E-state index contributed by atoms with van der Waals surface area (Å²) >= 11 is 1.34. The van der Waals surface area contributed by atoms with Crippen LogP contribution in [0.5, 0.6) is 0 Å². The summed E-state index contributed by atoms with van der Waals surface area (Å²) in [6, 6.07) is 6.77. The standard InChI is InChI=1S/C15H13N3O5S/c19-10(12-6-9(8-24-12)11-2-1-4-22-11)7-16-14(20)15(21)17-13-3-5-23-18-13/h1-6,8,10,19H,7H2,(H,16,20)(H,17,18,21). The number of amides is 2. The Balaban J connectivity index is 1.52. The molecule has 3 rings (SSSR count). The van der Waals surface area contributed by atoms with E-state index in [9.17, 15) is 14.7 Å². The van der Waals surface area contributed by atoms with E-state index < -0.39 is 17.9 Å². The molecule has 9 heteroatoms. The number of carbonyl (C=O) groups is 2. The number of aliphatic hydroxyl groups excluding tert-OH is 1. The third-order valence-corrected chi connectivity index (χ3v) is 4.13. The lowest BCUT2D eigenvalue weighted by atomic mass is 10.2. The Bertz CT molecular complexity index is 810. The minimum atomic E-state index is -0.928. The van der Waals surface area contributed by atoms with E-state index in [1.54, 1.807) is 18.4 Å². The topological polar surface area (TPSA) is 118 Å². The first-order chi connectivity index (χ1) is 11.6. The average Bonchev–Trinajstić information content (AvgIpc) is 3.32. The van der Waals surface area contributed by atoms with E-state index in [4.69, 9.17) is 4.42 Å². The molecule has 0 saturated carbocycles. The molecule has 0 spiro atoms. The van der Waals surface area contributed by atoms with Crippen LogP contribution in [0, 0.1) is 0 Å². The Morgan fingerprint density at radius 1 is 1.29 bits per heavy atom. The molecule has 0 aromatic carbocycles. The molecule has 8 nitrogen and oxygen atoms in total. The zero-order valence-electron chi connectivity index (χ0n) is 12.3. The molecule has 0 bridgehead atoms. The Labute approximate surface area is 140 Å². The fraction of sp³-hybridized carbons (Fsp3) is 0.133. The van der Waals surface area contributed by atoms with E-state index in [0.29, 0.717) is 10.6 Å². The van der Waals surface area contributed by atoms with E-state index in [1.165, 1.54) is 23.7 Å². The van der Waals surface area contributed by atoms with Gasteiger partial charge in [0.1, 0.15) is 18.1 Å². The lowest BCUT2D eigenvalue weighted by molar-refractivity contribution is -0.136. The second-order valence-electron chi connectivity index (χ2n) is 4.78. The van der Waals surface area contributed by atoms with Crippen LogP contribution in [-0.4, -0.2) is 28.6 Å². The van der Waals surface area contributed by atoms with Gasteiger partial charge >= 0.3 is 11.8 Å². The molecular formula is C15H13N3O5S. The van der Waals surface area contributed by atoms with Crippen molar-refractivity contribution in [2.75, 3.05) is 11.9 Å². The largest absolute Gasteiger partial charge is 0.464 e. The molecule has 3 aromatic rings. The van der Waals surface area contributed by atoms with Crippen molar-refractivity contribution in [3.8, 4) is 11.3 Å². The van der Waals surface area contributed by atoms with Crippen molar-refractivity contribution in [1.82, 2.24) is 10.5 Å². The van der Waals surface area contributed by atoms with Crippen LogP contribution in [0.2, 0.25) is 0 Å². The predicted molar refractivity (Wildman–Crippen MR) is 85.1 cm³/mol. The summed E-state index contributed by atoms with van der Waals surface area (Å²) in [7, 11) is 0. The summed E-state index contributed by atoms with van der Waals surface area (Å²) in [4.78, 5) is 24.0. The van der Waals surface area contributed by atoms with Crippen LogP contribution in [0.15, 0.2) is 51.1 Å². The van der Waals surface area contributed by atoms with E-state index in [1.807, 2.05) is 11.4 Å². The van der Waals surface area contributed by atoms with Crippen molar-refractivity contribution in [1.29, 1.82) is 0 Å². The quantitative estimate of drug-likeness (QED) is 0.606. The summed E-state index contributed by atoms with van der Waals surface area (Å²) in [5.74, 6) is -0.934. The van der Waals surface area contributed by atoms with Crippen molar-refractivity contribution in [3.05, 3.63) is 47.0 Å². The van der Waals surface area contributed by atoms with E-state index in [-0.39, 0.29) is 12.4 Å². The van der Waals surface area contributed by atoms with Gasteiger partial charge in [0.2, 0.25) is 0 Å². The number of nitrogens with one attached hydrogen (secondary N) is 2. The molecule has 0 fully saturated rings. The molecule has 0 aliphatic heterocycles. The number of carbonyl (C=O) groups excluding carboxylic acids is 2. The molecule has 1 unspecified atom stereocenters. The maximum Gasteiger partial charge on any atom is 0.314 e. The van der Waals surface area contributed by atoms with Crippen LogP contribution < -0.4 is 10.6 Å². The molecular weight excluding hydrogens is 334 g/mol. The number of hydrogen-bond donors (Lipinski definition) is 3. The van der Waals surface area contributed by atoms with Gasteiger partial charge in [-0.15, -0.1) is 11.3 Å². The minimum Gasteiger partial charge on any atom is -0.464 e. The number of aromatic nitrogens is 1. The van der Waals surface area contributed by atoms with Crippen molar-refractivity contribution < 1.29 is 23.6 Å². The zero-order valence-corrected chi connectivity index (χ0v) is 13.1. The van der Waals surface area contributed by atoms with Gasteiger partial charge in [0.05, 0.1) is 6.26 Å². The maximum absolute atomic E-state index is 11.7. The van der Waals surface area contributed by atoms with E-state index >= 15 is 0 Å². The molecule has 1 atom stereocenters. The van der Waals surface area contributed by atoms with Crippen molar-refractivity contribution in [2.45, 2.75) is 6.10 Å². The highest BCUT2D eigenvalue weighted by Crippen LogP contribution is 2.29. The van der Waals surface area contributed by atoms with Gasteiger partial charge in [-0.25, -0.2) is 0 Å². The van der Waals surface area contributed by atoms with Crippen molar-refractivity contribution in [3.63, 3.8) is 0 Å². The molecule has 24 heavy (non-hydrogen) atoms. The van der Waals surface area contributed by atoms with Gasteiger partial charge in [-0.1, -0.05) is 5.16 Å². The normalized spacial score (nSPS) is 11.9. The molecule has 124 valence electrons. The molecule has 0 aliphatic rings. The number of aliphatic hydroxyl groups is 1. The monoisotopic (exact) mass is 347 g/mol. The molecule has 0 radical (unpaired) electrons. The Morgan fingerprint density at radius 3 is 2.88 bits per heavy atom. The van der Waals surface area contributed by atoms with Crippen LogP contribution in [0.25, 0.3) is 11.3 Å². The lowest BCUT2D eigenvalue weighted by Gasteiger charge is -2.09. The highest BCUT2D eigenvalue weighted by atomic mass is 32.1. The summed E-state index contributed by atoms with van der Waals surface area (Å²) in [6.07, 6.45) is 1.91. The molecule has 0 aliphatic carbocycles. The first-order valence-corrected chi connectivity index (χ1v) is 7.81. The van der Waals surface area contributed by atoms with Crippen LogP contribution in [0.3, 0.4) is 0 Å². The average molecular weight is 347 g/mol. The van der Waals surface area contributed by atoms with Crippen molar-refractivity contribution >= 4 is 29.0 Å². The van der Waals surface area contributed by atoms with Gasteiger partial charge in [-0.05, 0) is 18.2 Å². The second-order valence-corrected chi connectivity index (χ2v) is 5.72. The third-order valence-electron chi connectivity index (χ3n) is 3.10. The SMILES string of the molecule is O=C(NCC(O)c1cc(-c2ccco2)cs1)C(=O)Nc1ccon1. The molecule has 3 heterocycles. The Kier molecular flexibility index (Phi) is 4.73. The van der Waals surface area contributed by atoms with E-state index in [2.05, 4.69) is 20.3 Å². The summed E-state index contributed by atoms with van der Waals surface area (Å²) in [6.45, 7) is -0.0941. The predicted octanol–water partition coefficient (Wildman–Crippen LogP) is 1.78. The smallest absolute Gasteiger partial charge is 0.314 e. The molecule has 0 saturated heterocycles. The minimum absolute atomic E-state index is 0.0941. The molecule has 2 amide bonds. The van der Waals surface area contributed by atoms with Gasteiger partial charge in [0, 0.05) is 28.4 Å². The van der Waals surface area contributed by atoms with Crippen LogP contribution >= 0.6 is 11.3 Å². The number of furan rings is 1. The van der Waals surface area contributed by atoms with Crippen LogP contribution in [0.4, 0.5) is 5.82 Å². The molecule has 3 N–H and O–H groups in total. The fourth-order valence-corrected chi connectivity index (χ4v) is 2.80. The Hall–Kier alpha value is -2.91. The number of thiophene rings is 1. The fourth-order valence-electron chi connectivity index (χ4n) is 1.92. The summed E-state index contributed by atoms with van der Waals surface area (Å²) < 4.78 is 9.82. The number of rotatable bonds is 5. The van der Waals surface area contributed by atoms with E-state index in [0.717, 1.165) is 5.56 Å². The first-order valence-electron chi connectivity index (χ1n) is 6.93. The number of hydrogen-bond acceptors (Lipinski definition) is 7. The van der Waals surface area contributed by atoms with Gasteiger partial charge in [-0.3, -0.25) is 14.9 Å².